The van der Waals surface area contributed by atoms with E-state index in [1.807, 2.05) is 0 Å². The lowest BCUT2D eigenvalue weighted by Gasteiger charge is -2.28. The van der Waals surface area contributed by atoms with E-state index in [9.17, 15) is 63.0 Å². The number of aliphatic hydroxyl groups is 2. The Morgan fingerprint density at radius 1 is 0.573 bits per heavy atom. The molecule has 0 saturated carbocycles. The topological polar surface area (TPSA) is 434 Å². The molecular weight excluding hydrogens is 1250 g/mol. The van der Waals surface area contributed by atoms with Crippen LogP contribution in [0.4, 0.5) is 14.4 Å². The highest BCUT2D eigenvalue weighted by atomic mass is 16.6. The number of carbonyl (C=O) groups excluding carboxylic acids is 13. The summed E-state index contributed by atoms with van der Waals surface area (Å²) in [7, 11) is 0. The number of rotatable bonds is 24. The number of alkyl carbamates (subject to hydrolysis) is 3. The number of hydrogen-bond acceptors (Lipinski definition) is 20. The molecule has 2 rings (SSSR count). The van der Waals surface area contributed by atoms with Crippen LogP contribution in [0.1, 0.15) is 187 Å². The smallest absolute Gasteiger partial charge is 0.407 e. The Hall–Kier alpha value is -7.79. The van der Waals surface area contributed by atoms with Gasteiger partial charge in [0.15, 0.2) is 17.3 Å². The summed E-state index contributed by atoms with van der Waals surface area (Å²) in [4.78, 5) is 183. The zero-order valence-electron chi connectivity index (χ0n) is 59.0. The van der Waals surface area contributed by atoms with Gasteiger partial charge >= 0.3 is 24.2 Å². The van der Waals surface area contributed by atoms with Crippen LogP contribution < -0.4 is 53.6 Å². The van der Waals surface area contributed by atoms with Crippen molar-refractivity contribution in [3.8, 4) is 0 Å². The number of amides is 9. The van der Waals surface area contributed by atoms with Gasteiger partial charge in [0, 0.05) is 63.7 Å². The predicted octanol–water partition coefficient (Wildman–Crippen LogP) is 3.29. The third-order valence-corrected chi connectivity index (χ3v) is 14.6. The Bertz CT molecular complexity index is 2790. The molecule has 1 aliphatic rings. The van der Waals surface area contributed by atoms with Crippen LogP contribution >= 0.6 is 0 Å². The maximum Gasteiger partial charge on any atom is 0.407 e. The molecule has 29 heteroatoms. The molecule has 0 aliphatic carbocycles. The number of Topliss-reactive ketones (excluding diaryl/α,β-unsaturated/α-hetero) is 3. The lowest BCUT2D eigenvalue weighted by atomic mass is 9.89. The van der Waals surface area contributed by atoms with E-state index >= 15 is 9.59 Å². The summed E-state index contributed by atoms with van der Waals surface area (Å²) in [5.74, 6) is -13.1. The predicted molar refractivity (Wildman–Crippen MR) is 354 cm³/mol. The summed E-state index contributed by atoms with van der Waals surface area (Å²) in [6.07, 6.45) is -9.62. The number of nitrogens with two attached hydrogens (primary N) is 1. The lowest BCUT2D eigenvalue weighted by Crippen LogP contribution is -2.57. The van der Waals surface area contributed by atoms with Gasteiger partial charge in [-0.05, 0) is 160 Å². The highest BCUT2D eigenvalue weighted by Gasteiger charge is 2.38. The second-order valence-electron chi connectivity index (χ2n) is 28.9. The highest BCUT2D eigenvalue weighted by molar-refractivity contribution is 5.98. The SMILES string of the molecule is CC(C)C[C@@H]1NC(=O)[C@@H](Cc2ccccc2)CC(=O)[C@H](CCNC(=O)OC(C)(C)C)NC(=O)[C@@H](CC(=O)[C@H](CCNC(=O)OC(C)(C)C)NC(=O)[C@@H](N)C(C)O)CCNC(=O)[C@H](C(C)O)CC(=O)[C@H](CCNC(=O)OC(C)(C)C)NC(=O)[C@H](CCCC(=O)OC(C)(C)C)NC1=O. The monoisotopic (exact) mass is 1360 g/mol. The van der Waals surface area contributed by atoms with E-state index < -0.39 is 198 Å². The maximum absolute atomic E-state index is 15.1. The van der Waals surface area contributed by atoms with Crippen LogP contribution in [0.15, 0.2) is 30.3 Å². The maximum atomic E-state index is 15.1. The molecule has 1 saturated heterocycles. The Morgan fingerprint density at radius 3 is 1.52 bits per heavy atom. The standard InChI is InChI=1S/C67H110N10O19/c1-38(2)33-49-59(88)76-48(23-20-24-53(83)93-64(5,6)7)58(87)74-47(28-32-72-63(92)96-67(14,15)16)52(82)37-44(39(3)78)57(86)69-29-25-42(35-50(80)46(75-60(89)54(68)40(4)79)27-31-71-62(91)95-66(11,12)13)55(84)73-45(26-30-70-61(90)94-65(8,9)10)51(81)36-43(56(85)77-49)34-41-21-18-17-19-22-41/h17-19,21-22,38-40,42-49,54,78-79H,20,23-37,68H2,1-16H3,(H,69,86)(H,70,90)(H,71,91)(H,72,92)(H,73,84)(H,74,87)(H,75,89)(H,76,88)(H,77,85)/t39?,40?,42-,43+,44+,45+,46+,47+,48+,49+,54+/m1/s1. The van der Waals surface area contributed by atoms with E-state index in [1.54, 1.807) is 127 Å². The average molecular weight is 1360 g/mol. The van der Waals surface area contributed by atoms with Gasteiger partial charge in [0.25, 0.3) is 0 Å². The first-order chi connectivity index (χ1) is 44.3. The first-order valence-corrected chi connectivity index (χ1v) is 33.0. The van der Waals surface area contributed by atoms with E-state index in [0.29, 0.717) is 5.56 Å². The number of esters is 1. The highest BCUT2D eigenvalue weighted by Crippen LogP contribution is 2.22. The summed E-state index contributed by atoms with van der Waals surface area (Å²) in [6, 6.07) is -0.461. The number of hydrogen-bond donors (Lipinski definition) is 12. The number of carbonyl (C=O) groups is 13. The van der Waals surface area contributed by atoms with Gasteiger partial charge in [-0.1, -0.05) is 44.2 Å². The number of nitrogens with one attached hydrogen (secondary N) is 9. The fourth-order valence-corrected chi connectivity index (χ4v) is 9.86. The molecule has 0 radical (unpaired) electrons. The summed E-state index contributed by atoms with van der Waals surface area (Å²) in [5.41, 5.74) is 2.89. The van der Waals surface area contributed by atoms with Crippen molar-refractivity contribution in [2.24, 2.45) is 29.4 Å². The Labute approximate surface area is 564 Å². The summed E-state index contributed by atoms with van der Waals surface area (Å²) in [6.45, 7) is 24.4. The van der Waals surface area contributed by atoms with Crippen molar-refractivity contribution in [1.29, 1.82) is 0 Å². The molecule has 542 valence electrons. The van der Waals surface area contributed by atoms with Crippen molar-refractivity contribution in [2.75, 3.05) is 26.2 Å². The van der Waals surface area contributed by atoms with Gasteiger partial charge < -0.3 is 82.7 Å². The third-order valence-electron chi connectivity index (χ3n) is 14.6. The number of ether oxygens (including phenoxy) is 4. The molecular formula is C67H110N10O19. The molecule has 11 atom stereocenters. The second-order valence-corrected chi connectivity index (χ2v) is 28.9. The van der Waals surface area contributed by atoms with E-state index in [-0.39, 0.29) is 76.9 Å². The molecule has 0 aromatic heterocycles. The minimum Gasteiger partial charge on any atom is -0.460 e. The molecule has 1 aromatic rings. The quantitative estimate of drug-likeness (QED) is 0.0522. The fraction of sp³-hybridized carbons (Fsp3) is 0.716. The molecule has 96 heavy (non-hydrogen) atoms. The first kappa shape index (κ1) is 84.3. The van der Waals surface area contributed by atoms with Crippen LogP contribution in [-0.2, 0) is 73.3 Å². The summed E-state index contributed by atoms with van der Waals surface area (Å²) >= 11 is 0. The van der Waals surface area contributed by atoms with Crippen LogP contribution in [0.5, 0.6) is 0 Å². The Kier molecular flexibility index (Phi) is 34.6. The van der Waals surface area contributed by atoms with Crippen molar-refractivity contribution < 1.29 is 91.5 Å². The van der Waals surface area contributed by atoms with Gasteiger partial charge in [-0.2, -0.15) is 0 Å². The van der Waals surface area contributed by atoms with Gasteiger partial charge in [-0.3, -0.25) is 47.9 Å². The second kappa shape index (κ2) is 39.4. The molecule has 1 heterocycles. The summed E-state index contributed by atoms with van der Waals surface area (Å²) in [5, 5.41) is 45.0. The number of ketones is 3. The van der Waals surface area contributed by atoms with E-state index in [1.165, 1.54) is 13.8 Å². The van der Waals surface area contributed by atoms with E-state index in [4.69, 9.17) is 24.7 Å². The Morgan fingerprint density at radius 2 is 1.03 bits per heavy atom. The van der Waals surface area contributed by atoms with Gasteiger partial charge in [-0.25, -0.2) is 14.4 Å². The first-order valence-electron chi connectivity index (χ1n) is 33.0. The van der Waals surface area contributed by atoms with Crippen LogP contribution in [-0.4, -0.2) is 184 Å². The molecule has 29 nitrogen and oxygen atoms in total. The Balaban J connectivity index is 3.02. The van der Waals surface area contributed by atoms with Crippen LogP contribution in [0.2, 0.25) is 0 Å². The molecule has 1 aromatic carbocycles. The molecule has 2 unspecified atom stereocenters. The molecule has 1 fully saturated rings. The molecule has 0 spiro atoms. The van der Waals surface area contributed by atoms with E-state index in [2.05, 4.69) is 47.9 Å². The number of benzene rings is 1. The van der Waals surface area contributed by atoms with Gasteiger partial charge in [0.2, 0.25) is 35.4 Å². The molecule has 1 aliphatic heterocycles. The van der Waals surface area contributed by atoms with Crippen LogP contribution in [0.25, 0.3) is 0 Å². The fourth-order valence-electron chi connectivity index (χ4n) is 9.86. The van der Waals surface area contributed by atoms with E-state index in [0.717, 1.165) is 0 Å². The van der Waals surface area contributed by atoms with Crippen molar-refractivity contribution in [2.45, 2.75) is 259 Å². The van der Waals surface area contributed by atoms with Crippen LogP contribution in [0, 0.1) is 23.7 Å². The van der Waals surface area contributed by atoms with Crippen molar-refractivity contribution in [3.05, 3.63) is 35.9 Å². The van der Waals surface area contributed by atoms with Gasteiger partial charge in [0.1, 0.15) is 40.5 Å². The molecule has 9 amide bonds. The molecule has 13 N–H and O–H groups in total. The minimum atomic E-state index is -1.56. The van der Waals surface area contributed by atoms with Crippen molar-refractivity contribution in [1.82, 2.24) is 47.9 Å². The van der Waals surface area contributed by atoms with Gasteiger partial charge in [-0.15, -0.1) is 0 Å². The largest absolute Gasteiger partial charge is 0.460 e. The number of aliphatic hydroxyl groups excluding tert-OH is 2. The van der Waals surface area contributed by atoms with Crippen LogP contribution in [0.3, 0.4) is 0 Å². The average Bonchev–Trinajstić information content (AvgIpc) is 0.947. The minimum absolute atomic E-state index is 0.0245. The zero-order chi connectivity index (χ0) is 73.1. The van der Waals surface area contributed by atoms with Crippen molar-refractivity contribution >= 4 is 77.0 Å². The zero-order valence-corrected chi connectivity index (χ0v) is 59.0. The summed E-state index contributed by atoms with van der Waals surface area (Å²) < 4.78 is 21.6. The lowest BCUT2D eigenvalue weighted by molar-refractivity contribution is -0.155. The van der Waals surface area contributed by atoms with Gasteiger partial charge in [0.05, 0.1) is 36.3 Å². The third kappa shape index (κ3) is 34.8. The molecule has 0 bridgehead atoms. The van der Waals surface area contributed by atoms with Crippen molar-refractivity contribution in [3.63, 3.8) is 0 Å². The normalized spacial score (nSPS) is 21.6.